The predicted octanol–water partition coefficient (Wildman–Crippen LogP) is 6.65. The molecule has 0 radical (unpaired) electrons. The van der Waals surface area contributed by atoms with Crippen molar-refractivity contribution in [3.63, 3.8) is 0 Å². The van der Waals surface area contributed by atoms with Gasteiger partial charge in [0, 0.05) is 69.7 Å². The number of hydrogen-bond donors (Lipinski definition) is 4. The van der Waals surface area contributed by atoms with E-state index in [4.69, 9.17) is 43.0 Å². The van der Waals surface area contributed by atoms with Gasteiger partial charge in [0.05, 0.1) is 42.7 Å². The minimum atomic E-state index is -1.88. The maximum Gasteiger partial charge on any atom is 0.303 e. The maximum absolute atomic E-state index is 12.4. The summed E-state index contributed by atoms with van der Waals surface area (Å²) in [5, 5.41) is 37.4. The number of hydrogen-bond acceptors (Lipinski definition) is 12. The van der Waals surface area contributed by atoms with E-state index < -0.39 is 53.2 Å². The quantitative estimate of drug-likeness (QED) is 0.183. The molecule has 0 aromatic rings. The van der Waals surface area contributed by atoms with Gasteiger partial charge in [-0.25, -0.2) is 0 Å². The zero-order chi connectivity index (χ0) is 43.3. The molecule has 9 aliphatic rings. The van der Waals surface area contributed by atoms with Crippen molar-refractivity contribution in [3.8, 4) is 0 Å². The number of ether oxygens (including phenoxy) is 8. The molecule has 0 aromatic heterocycles. The molecule has 4 N–H and O–H groups in total. The fourth-order valence-electron chi connectivity index (χ4n) is 13.2. The number of nitrogens with one attached hydrogen (secondary N) is 1. The summed E-state index contributed by atoms with van der Waals surface area (Å²) in [4.78, 5) is 11.0. The molecule has 8 saturated heterocycles. The van der Waals surface area contributed by atoms with E-state index in [2.05, 4.69) is 59.5 Å². The number of aliphatic hydroxyl groups is 2. The van der Waals surface area contributed by atoms with Crippen LogP contribution in [0.2, 0.25) is 0 Å². The van der Waals surface area contributed by atoms with Crippen LogP contribution < -0.4 is 5.32 Å². The normalized spacial score (nSPS) is 52.4. The van der Waals surface area contributed by atoms with Gasteiger partial charge >= 0.3 is 5.97 Å². The number of aliphatic carboxylic acids is 1. The third-order valence-corrected chi connectivity index (χ3v) is 16.2. The zero-order valence-electron chi connectivity index (χ0n) is 37.5. The van der Waals surface area contributed by atoms with Gasteiger partial charge in [0.2, 0.25) is 0 Å². The summed E-state index contributed by atoms with van der Waals surface area (Å²) in [5.74, 6) is -4.32. The smallest absolute Gasteiger partial charge is 0.303 e. The molecule has 9 heterocycles. The minimum Gasteiger partial charge on any atom is -0.481 e. The molecule has 0 aliphatic carbocycles. The van der Waals surface area contributed by atoms with Crippen LogP contribution in [0.4, 0.5) is 0 Å². The lowest BCUT2D eigenvalue weighted by Crippen LogP contribution is -2.62. The van der Waals surface area contributed by atoms with Gasteiger partial charge in [0.15, 0.2) is 23.1 Å². The van der Waals surface area contributed by atoms with Crippen LogP contribution in [0.3, 0.4) is 0 Å². The number of carboxylic acids is 1. The van der Waals surface area contributed by atoms with Crippen LogP contribution in [-0.4, -0.2) is 112 Å². The number of carboxylic acid groups (broad SMARTS) is 1. The molecular weight excluding hydrogens is 783 g/mol. The van der Waals surface area contributed by atoms with Crippen LogP contribution in [0.25, 0.3) is 0 Å². The van der Waals surface area contributed by atoms with Crippen molar-refractivity contribution >= 4 is 5.97 Å². The van der Waals surface area contributed by atoms with E-state index in [1.807, 2.05) is 19.1 Å². The Morgan fingerprint density at radius 3 is 2.44 bits per heavy atom. The Morgan fingerprint density at radius 2 is 1.67 bits per heavy atom. The molecule has 0 saturated carbocycles. The lowest BCUT2D eigenvalue weighted by Gasteiger charge is -2.53. The fourth-order valence-corrected chi connectivity index (χ4v) is 13.2. The van der Waals surface area contributed by atoms with Crippen molar-refractivity contribution in [1.29, 1.82) is 0 Å². The first-order chi connectivity index (χ1) is 28.8. The number of allylic oxidation sites excluding steroid dienone is 1. The highest BCUT2D eigenvalue weighted by atomic mass is 16.8. The van der Waals surface area contributed by atoms with Crippen LogP contribution >= 0.6 is 0 Å². The number of carbonyl (C=O) groups is 1. The Hall–Kier alpha value is -1.75. The van der Waals surface area contributed by atoms with E-state index in [0.29, 0.717) is 69.1 Å². The average Bonchev–Trinajstić information content (AvgIpc) is 3.86. The molecule has 8 fully saturated rings. The lowest BCUT2D eigenvalue weighted by molar-refractivity contribution is -0.367. The topological polar surface area (TPSA) is 164 Å². The van der Waals surface area contributed by atoms with Gasteiger partial charge in [-0.3, -0.25) is 10.1 Å². The predicted molar refractivity (Wildman–Crippen MR) is 224 cm³/mol. The Morgan fingerprint density at radius 1 is 0.885 bits per heavy atom. The van der Waals surface area contributed by atoms with Crippen LogP contribution in [0, 0.1) is 35.5 Å². The van der Waals surface area contributed by atoms with Crippen LogP contribution in [0.15, 0.2) is 36.0 Å². The minimum absolute atomic E-state index is 0.0155. The molecule has 61 heavy (non-hydrogen) atoms. The zero-order valence-corrected chi connectivity index (χ0v) is 37.5. The van der Waals surface area contributed by atoms with Gasteiger partial charge in [-0.1, -0.05) is 71.9 Å². The van der Waals surface area contributed by atoms with Crippen molar-refractivity contribution in [2.24, 2.45) is 35.5 Å². The standard InChI is InChI=1S/C48H73NO12/c1-26-16-34(11-9-10-12-40(50)51)55-44(21-26)13-14-47(61-44)32(7)19-35-36(58-47)20-38(54-35)43(52)48(53)33(8)18-29(4)41(60-48)30(5)23-45-22-27(2)17-37(56-45)42-39(57-45)24-46(59-42)31(6)15-28(3)25-49-46/h9,11,16,27-29,31-39,41-43,49,52-53H,5,10,12-15,17-25H2,1-4,6-8H3,(H,50,51). The van der Waals surface area contributed by atoms with Gasteiger partial charge in [-0.2, -0.15) is 0 Å². The van der Waals surface area contributed by atoms with Gasteiger partial charge in [0.1, 0.15) is 17.9 Å². The van der Waals surface area contributed by atoms with Crippen molar-refractivity contribution in [1.82, 2.24) is 5.32 Å². The Balaban J connectivity index is 0.850. The third-order valence-electron chi connectivity index (χ3n) is 16.2. The summed E-state index contributed by atoms with van der Waals surface area (Å²) in [6.07, 6.45) is 10.1. The van der Waals surface area contributed by atoms with Crippen LogP contribution in [0.1, 0.15) is 132 Å². The second-order valence-electron chi connectivity index (χ2n) is 21.5. The highest BCUT2D eigenvalue weighted by Gasteiger charge is 2.64. The van der Waals surface area contributed by atoms with Gasteiger partial charge < -0.3 is 53.2 Å². The Labute approximate surface area is 362 Å². The summed E-state index contributed by atoms with van der Waals surface area (Å²) >= 11 is 0. The van der Waals surface area contributed by atoms with E-state index in [1.165, 1.54) is 0 Å². The monoisotopic (exact) mass is 856 g/mol. The van der Waals surface area contributed by atoms with Gasteiger partial charge in [-0.15, -0.1) is 0 Å². The van der Waals surface area contributed by atoms with Crippen molar-refractivity contribution in [3.05, 3.63) is 36.0 Å². The first-order valence-corrected chi connectivity index (χ1v) is 23.6. The van der Waals surface area contributed by atoms with Crippen molar-refractivity contribution in [2.75, 3.05) is 6.54 Å². The second kappa shape index (κ2) is 16.3. The molecule has 2 bridgehead atoms. The second-order valence-corrected chi connectivity index (χ2v) is 21.5. The van der Waals surface area contributed by atoms with E-state index in [0.717, 1.165) is 43.4 Å². The molecule has 3 spiro atoms. The molecular formula is C48H73NO12. The first-order valence-electron chi connectivity index (χ1n) is 23.6. The highest BCUT2D eigenvalue weighted by molar-refractivity contribution is 5.66. The molecule has 342 valence electrons. The fraction of sp³-hybridized carbons (Fsp3) is 0.854. The van der Waals surface area contributed by atoms with Crippen molar-refractivity contribution < 1.29 is 58.0 Å². The molecule has 0 aromatic carbocycles. The lowest BCUT2D eigenvalue weighted by atomic mass is 9.76. The average molecular weight is 856 g/mol. The van der Waals surface area contributed by atoms with Gasteiger partial charge in [-0.05, 0) is 68.3 Å². The van der Waals surface area contributed by atoms with E-state index in [-0.39, 0.29) is 60.8 Å². The summed E-state index contributed by atoms with van der Waals surface area (Å²) in [5.41, 5.74) is 1.54. The summed E-state index contributed by atoms with van der Waals surface area (Å²) in [7, 11) is 0. The number of piperidine rings is 1. The molecule has 9 rings (SSSR count). The molecule has 13 nitrogen and oxygen atoms in total. The number of aliphatic hydroxyl groups excluding tert-OH is 1. The first kappa shape index (κ1) is 44.5. The molecule has 13 heteroatoms. The van der Waals surface area contributed by atoms with Crippen LogP contribution in [0.5, 0.6) is 0 Å². The maximum atomic E-state index is 12.4. The van der Waals surface area contributed by atoms with E-state index >= 15 is 0 Å². The molecule has 20 atom stereocenters. The molecule has 9 aliphatic heterocycles. The van der Waals surface area contributed by atoms with Crippen molar-refractivity contribution in [2.45, 2.75) is 216 Å². The SMILES string of the molecule is C=C(CC12CC(C)CC(O1)C1OC3(CC1O2)NCC(C)CC3C)C1OC(O)(C(O)C2CC3OC4(CCC5(CC(C)=CC(C=CCCC(=O)O)O5)O4)C(C)CC3O2)C(C)CC1C. The van der Waals surface area contributed by atoms with E-state index in [9.17, 15) is 15.0 Å². The van der Waals surface area contributed by atoms with Crippen LogP contribution in [-0.2, 0) is 42.7 Å². The van der Waals surface area contributed by atoms with Gasteiger partial charge in [0.25, 0.3) is 0 Å². The Bertz CT molecular complexity index is 1740. The Kier molecular flexibility index (Phi) is 11.9. The largest absolute Gasteiger partial charge is 0.481 e. The molecule has 0 amide bonds. The summed E-state index contributed by atoms with van der Waals surface area (Å²) in [6, 6.07) is 0. The highest BCUT2D eigenvalue weighted by Crippen LogP contribution is 2.56. The summed E-state index contributed by atoms with van der Waals surface area (Å²) in [6.45, 7) is 20.6. The summed E-state index contributed by atoms with van der Waals surface area (Å²) < 4.78 is 54.4. The van der Waals surface area contributed by atoms with E-state index in [1.54, 1.807) is 0 Å². The third kappa shape index (κ3) is 8.16. The number of rotatable bonds is 9. The molecule has 20 unspecified atom stereocenters. The number of fused-ring (bicyclic) bond motifs is 5.